The summed E-state index contributed by atoms with van der Waals surface area (Å²) in [6.45, 7) is 0.640. The molecule has 1 saturated carbocycles. The molecule has 0 spiro atoms. The van der Waals surface area contributed by atoms with Gasteiger partial charge in [-0.3, -0.25) is 0 Å². The van der Waals surface area contributed by atoms with Gasteiger partial charge in [0.1, 0.15) is 11.0 Å². The van der Waals surface area contributed by atoms with E-state index in [1.54, 1.807) is 7.11 Å². The Morgan fingerprint density at radius 2 is 2.20 bits per heavy atom. The molecule has 1 aliphatic rings. The summed E-state index contributed by atoms with van der Waals surface area (Å²) < 4.78 is 6.02. The van der Waals surface area contributed by atoms with Gasteiger partial charge in [-0.25, -0.2) is 9.97 Å². The maximum absolute atomic E-state index is 6.07. The van der Waals surface area contributed by atoms with Crippen LogP contribution in [0.5, 0.6) is 0 Å². The lowest BCUT2D eigenvalue weighted by Crippen LogP contribution is -2.05. The maximum atomic E-state index is 6.07. The first kappa shape index (κ1) is 11.5. The molecule has 82 valence electrons. The van der Waals surface area contributed by atoms with E-state index in [2.05, 4.69) is 32.6 Å². The fourth-order valence-electron chi connectivity index (χ4n) is 1.41. The number of nitrogens with zero attached hydrogens (tertiary/aromatic N) is 2. The van der Waals surface area contributed by atoms with Crippen molar-refractivity contribution in [2.24, 2.45) is 0 Å². The molecule has 1 heterocycles. The van der Waals surface area contributed by atoms with E-state index < -0.39 is 0 Å². The van der Waals surface area contributed by atoms with Crippen LogP contribution in [-0.2, 0) is 11.2 Å². The van der Waals surface area contributed by atoms with Crippen molar-refractivity contribution < 1.29 is 4.74 Å². The third-order valence-electron chi connectivity index (χ3n) is 2.38. The predicted octanol–water partition coefficient (Wildman–Crippen LogP) is 2.80. The van der Waals surface area contributed by atoms with Gasteiger partial charge in [-0.1, -0.05) is 11.6 Å². The first-order valence-corrected chi connectivity index (χ1v) is 6.38. The molecule has 5 heteroatoms. The molecule has 0 saturated heterocycles. The van der Waals surface area contributed by atoms with Gasteiger partial charge in [-0.15, -0.1) is 0 Å². The van der Waals surface area contributed by atoms with Crippen LogP contribution in [0.15, 0.2) is 0 Å². The zero-order valence-corrected chi connectivity index (χ0v) is 11.4. The lowest BCUT2D eigenvalue weighted by molar-refractivity contribution is 0.200. The highest BCUT2D eigenvalue weighted by Gasteiger charge is 2.28. The number of methoxy groups -OCH3 is 1. The number of ether oxygens (including phenoxy) is 1. The fraction of sp³-hybridized carbons (Fsp3) is 0.600. The average molecular weight is 339 g/mol. The molecule has 0 bridgehead atoms. The van der Waals surface area contributed by atoms with Crippen LogP contribution >= 0.6 is 34.2 Å². The van der Waals surface area contributed by atoms with Gasteiger partial charge in [0.05, 0.1) is 15.9 Å². The number of rotatable bonds is 4. The number of hydrogen-bond acceptors (Lipinski definition) is 3. The van der Waals surface area contributed by atoms with Crippen LogP contribution in [-0.4, -0.2) is 23.7 Å². The summed E-state index contributed by atoms with van der Waals surface area (Å²) in [5.74, 6) is 1.41. The van der Waals surface area contributed by atoms with Crippen molar-refractivity contribution in [1.29, 1.82) is 0 Å². The summed E-state index contributed by atoms with van der Waals surface area (Å²) in [5.41, 5.74) is 1.13. The molecule has 3 nitrogen and oxygen atoms in total. The molecule has 0 atom stereocenters. The van der Waals surface area contributed by atoms with Gasteiger partial charge in [0.25, 0.3) is 0 Å². The van der Waals surface area contributed by atoms with Crippen molar-refractivity contribution >= 4 is 34.2 Å². The van der Waals surface area contributed by atoms with Crippen molar-refractivity contribution in [3.8, 4) is 0 Å². The number of hydrogen-bond donors (Lipinski definition) is 0. The zero-order chi connectivity index (χ0) is 10.8. The topological polar surface area (TPSA) is 35.0 Å². The van der Waals surface area contributed by atoms with Crippen LogP contribution in [0, 0.1) is 3.57 Å². The Morgan fingerprint density at radius 1 is 1.47 bits per heavy atom. The summed E-state index contributed by atoms with van der Waals surface area (Å²) in [6, 6.07) is 0. The van der Waals surface area contributed by atoms with Gasteiger partial charge in [0.15, 0.2) is 0 Å². The minimum atomic E-state index is 0.582. The van der Waals surface area contributed by atoms with E-state index >= 15 is 0 Å². The quantitative estimate of drug-likeness (QED) is 0.625. The molecule has 0 unspecified atom stereocenters. The van der Waals surface area contributed by atoms with Crippen LogP contribution in [0.2, 0.25) is 5.15 Å². The number of aromatic nitrogens is 2. The first-order valence-electron chi connectivity index (χ1n) is 4.93. The van der Waals surface area contributed by atoms with Crippen LogP contribution in [0.3, 0.4) is 0 Å². The molecule has 0 N–H and O–H groups in total. The largest absolute Gasteiger partial charge is 0.384 e. The van der Waals surface area contributed by atoms with Crippen molar-refractivity contribution in [2.45, 2.75) is 25.2 Å². The van der Waals surface area contributed by atoms with Gasteiger partial charge < -0.3 is 4.74 Å². The summed E-state index contributed by atoms with van der Waals surface area (Å²) in [5, 5.41) is 0.582. The van der Waals surface area contributed by atoms with E-state index in [1.165, 1.54) is 12.8 Å². The summed E-state index contributed by atoms with van der Waals surface area (Å²) in [7, 11) is 1.68. The number of halogens is 2. The summed E-state index contributed by atoms with van der Waals surface area (Å²) in [6.07, 6.45) is 3.19. The normalized spacial score (nSPS) is 15.7. The van der Waals surface area contributed by atoms with Crippen molar-refractivity contribution in [3.05, 3.63) is 20.2 Å². The summed E-state index contributed by atoms with van der Waals surface area (Å²) >= 11 is 8.30. The minimum absolute atomic E-state index is 0.582. The molecular weight excluding hydrogens is 326 g/mol. The molecule has 1 aliphatic carbocycles. The zero-order valence-electron chi connectivity index (χ0n) is 8.46. The molecule has 2 rings (SSSR count). The summed E-state index contributed by atoms with van der Waals surface area (Å²) in [4.78, 5) is 8.80. The standard InChI is InChI=1S/C10H12ClIN2O/c1-15-5-4-7-13-9(6-2-3-6)8(12)10(11)14-7/h6H,2-5H2,1H3. The Labute approximate surface area is 108 Å². The van der Waals surface area contributed by atoms with Gasteiger partial charge in [-0.2, -0.15) is 0 Å². The third-order valence-corrected chi connectivity index (χ3v) is 4.03. The van der Waals surface area contributed by atoms with E-state index in [-0.39, 0.29) is 0 Å². The maximum Gasteiger partial charge on any atom is 0.146 e. The van der Waals surface area contributed by atoms with E-state index in [0.717, 1.165) is 21.5 Å². The van der Waals surface area contributed by atoms with Crippen LogP contribution < -0.4 is 0 Å². The molecular formula is C10H12ClIN2O. The first-order chi connectivity index (χ1) is 7.22. The molecule has 1 aromatic heterocycles. The predicted molar refractivity (Wildman–Crippen MR) is 67.3 cm³/mol. The molecule has 1 aromatic rings. The monoisotopic (exact) mass is 338 g/mol. The second kappa shape index (κ2) is 4.93. The van der Waals surface area contributed by atoms with Crippen LogP contribution in [0.4, 0.5) is 0 Å². The molecule has 1 fully saturated rings. The van der Waals surface area contributed by atoms with Crippen molar-refractivity contribution in [2.75, 3.05) is 13.7 Å². The Bertz CT molecular complexity index is 369. The van der Waals surface area contributed by atoms with E-state index in [0.29, 0.717) is 17.7 Å². The molecule has 0 radical (unpaired) electrons. The Hall–Kier alpha value is 0.0600. The fourth-order valence-corrected chi connectivity index (χ4v) is 2.29. The smallest absolute Gasteiger partial charge is 0.146 e. The van der Waals surface area contributed by atoms with Gasteiger partial charge in [0.2, 0.25) is 0 Å². The second-order valence-electron chi connectivity index (χ2n) is 3.65. The highest BCUT2D eigenvalue weighted by Crippen LogP contribution is 2.42. The van der Waals surface area contributed by atoms with E-state index in [4.69, 9.17) is 16.3 Å². The van der Waals surface area contributed by atoms with E-state index in [9.17, 15) is 0 Å². The van der Waals surface area contributed by atoms with Gasteiger partial charge in [0, 0.05) is 19.4 Å². The minimum Gasteiger partial charge on any atom is -0.384 e. The lowest BCUT2D eigenvalue weighted by Gasteiger charge is -2.06. The van der Waals surface area contributed by atoms with Crippen LogP contribution in [0.25, 0.3) is 0 Å². The lowest BCUT2D eigenvalue weighted by atomic mass is 10.3. The Kier molecular flexibility index (Phi) is 3.79. The van der Waals surface area contributed by atoms with Crippen molar-refractivity contribution in [1.82, 2.24) is 9.97 Å². The highest BCUT2D eigenvalue weighted by molar-refractivity contribution is 14.1. The van der Waals surface area contributed by atoms with E-state index in [1.807, 2.05) is 0 Å². The second-order valence-corrected chi connectivity index (χ2v) is 5.08. The molecule has 0 amide bonds. The Balaban J connectivity index is 2.24. The van der Waals surface area contributed by atoms with Crippen LogP contribution in [0.1, 0.15) is 30.3 Å². The van der Waals surface area contributed by atoms with Gasteiger partial charge >= 0.3 is 0 Å². The van der Waals surface area contributed by atoms with Crippen molar-refractivity contribution in [3.63, 3.8) is 0 Å². The van der Waals surface area contributed by atoms with Gasteiger partial charge in [-0.05, 0) is 35.4 Å². The SMILES string of the molecule is COCCc1nc(Cl)c(I)c(C2CC2)n1. The molecule has 0 aliphatic heterocycles. The highest BCUT2D eigenvalue weighted by atomic mass is 127. The third kappa shape index (κ3) is 2.79. The Morgan fingerprint density at radius 3 is 2.80 bits per heavy atom. The molecule has 0 aromatic carbocycles. The average Bonchev–Trinajstić information content (AvgIpc) is 3.03. The molecule has 15 heavy (non-hydrogen) atoms.